The molecule has 2 fully saturated rings. The van der Waals surface area contributed by atoms with E-state index in [0.29, 0.717) is 0 Å². The number of carboxylic acids is 1. The lowest BCUT2D eigenvalue weighted by Crippen LogP contribution is -2.61. The first-order valence-electron chi connectivity index (χ1n) is 22.3. The topological polar surface area (TPSA) is 320 Å². The lowest BCUT2D eigenvalue weighted by atomic mass is 9.82. The molecule has 13 N–H and O–H groups in total. The molecule has 3 aliphatic rings. The predicted molar refractivity (Wildman–Crippen MR) is 237 cm³/mol. The minimum atomic E-state index is -2.33. The number of rotatable bonds is 3. The maximum absolute atomic E-state index is 12.6. The van der Waals surface area contributed by atoms with E-state index in [2.05, 4.69) is 0 Å². The first-order valence-corrected chi connectivity index (χ1v) is 22.3. The molecule has 0 aromatic carbocycles. The molecule has 368 valence electrons. The summed E-state index contributed by atoms with van der Waals surface area (Å²) in [7, 11) is 0. The van der Waals surface area contributed by atoms with Crippen LogP contribution < -0.4 is 5.73 Å². The average molecular weight is 924 g/mol. The Balaban J connectivity index is 1.86. The van der Waals surface area contributed by atoms with Crippen molar-refractivity contribution in [2.45, 2.75) is 177 Å². The molecule has 0 aliphatic carbocycles. The maximum atomic E-state index is 12.6. The van der Waals surface area contributed by atoms with Gasteiger partial charge in [0.15, 0.2) is 12.1 Å². The molecule has 19 atom stereocenters. The van der Waals surface area contributed by atoms with Crippen molar-refractivity contribution in [2.24, 2.45) is 23.5 Å². The van der Waals surface area contributed by atoms with E-state index in [1.807, 2.05) is 19.1 Å². The van der Waals surface area contributed by atoms with Crippen LogP contribution in [0.5, 0.6) is 0 Å². The number of fused-ring (bicyclic) bond motifs is 2. The number of cyclic esters (lactones) is 1. The molecule has 18 heteroatoms. The van der Waals surface area contributed by atoms with Gasteiger partial charge >= 0.3 is 11.9 Å². The molecular formula is C47H73NO17. The first kappa shape index (κ1) is 55.9. The van der Waals surface area contributed by atoms with Crippen LogP contribution >= 0.6 is 0 Å². The standard InChI is InChI=1S/C47H73NO17/c1-27-17-15-13-11-9-7-5-6-8-10-12-14-16-18-34(64-46-44(58)41(48)43(57)30(4)63-46)24-38-40(45(59)60)37(54)26-47(61,65-38)25-33(51)22-36(53)35(52)20-19-31(49)21-32(50)23-39(55)62-29(3)28(2)42(27)56/h5-18,27-38,40-44,46,49-54,56-58,61H,19-26,48H2,1-4H3,(H,59,60)/b6-5+,9-7+,10-8+,13-11+,14-12+,17-15+,18-16+/t27-,28-,29-,30+,31?,32+,33?,34-,35+,36+,37-,38?,40+,41-,42+,43+,44-,46-,47+/m0/s1. The molecule has 3 rings (SSSR count). The van der Waals surface area contributed by atoms with Crippen molar-refractivity contribution in [2.75, 3.05) is 0 Å². The molecule has 0 radical (unpaired) electrons. The predicted octanol–water partition coefficient (Wildman–Crippen LogP) is 0.712. The van der Waals surface area contributed by atoms with Gasteiger partial charge in [-0.1, -0.05) is 98.9 Å². The fourth-order valence-electron chi connectivity index (χ4n) is 7.97. The lowest BCUT2D eigenvalue weighted by Gasteiger charge is -2.45. The zero-order valence-corrected chi connectivity index (χ0v) is 37.6. The Hall–Kier alpha value is -3.44. The zero-order chi connectivity index (χ0) is 48.4. The van der Waals surface area contributed by atoms with Crippen LogP contribution in [0.4, 0.5) is 0 Å². The van der Waals surface area contributed by atoms with Crippen LogP contribution in [-0.4, -0.2) is 166 Å². The number of carbonyl (C=O) groups is 2. The van der Waals surface area contributed by atoms with Gasteiger partial charge in [0.1, 0.15) is 18.1 Å². The Morgan fingerprint density at radius 3 is 1.82 bits per heavy atom. The van der Waals surface area contributed by atoms with Crippen molar-refractivity contribution < 1.29 is 84.7 Å². The molecule has 65 heavy (non-hydrogen) atoms. The number of hydrogen-bond donors (Lipinski definition) is 12. The number of carbonyl (C=O) groups excluding carboxylic acids is 1. The number of aliphatic carboxylic acids is 1. The van der Waals surface area contributed by atoms with Gasteiger partial charge in [-0.2, -0.15) is 0 Å². The molecule has 0 aromatic heterocycles. The van der Waals surface area contributed by atoms with E-state index in [-0.39, 0.29) is 31.6 Å². The summed E-state index contributed by atoms with van der Waals surface area (Å²) in [5.74, 6) is -6.83. The summed E-state index contributed by atoms with van der Waals surface area (Å²) in [6.45, 7) is 6.74. The summed E-state index contributed by atoms with van der Waals surface area (Å²) in [6.07, 6.45) is 3.46. The second-order valence-corrected chi connectivity index (χ2v) is 17.6. The SMILES string of the molecule is C[C@@H]1[C@H](O)[C@@H](C)/C=C/C=C/C=C/C=C/C=C/C=C/C=C/[C@H](O[C@@H]2O[C@H](C)[C@@H](O)[C@H](N)[C@@H]2O)CC2O[C@](O)(CC(O)C[C@@H](O)[C@H](O)CCC(O)C[C@@H](O)CC(=O)O[C@H]1C)C[C@H](O)[C@H]2C(=O)O. The summed E-state index contributed by atoms with van der Waals surface area (Å²) in [5, 5.41) is 118. The summed E-state index contributed by atoms with van der Waals surface area (Å²) in [6, 6.07) is -1.15. The Bertz CT molecular complexity index is 1670. The van der Waals surface area contributed by atoms with Gasteiger partial charge in [-0.25, -0.2) is 0 Å². The van der Waals surface area contributed by atoms with E-state index in [0.717, 1.165) is 0 Å². The van der Waals surface area contributed by atoms with E-state index in [9.17, 15) is 65.8 Å². The minimum Gasteiger partial charge on any atom is -0.481 e. The van der Waals surface area contributed by atoms with Crippen molar-refractivity contribution in [3.05, 3.63) is 85.1 Å². The second kappa shape index (κ2) is 27.4. The molecule has 0 amide bonds. The van der Waals surface area contributed by atoms with Crippen LogP contribution in [-0.2, 0) is 28.5 Å². The minimum absolute atomic E-state index is 0.107. The molecule has 18 nitrogen and oxygen atoms in total. The van der Waals surface area contributed by atoms with Gasteiger partial charge in [-0.05, 0) is 33.1 Å². The van der Waals surface area contributed by atoms with Gasteiger partial charge < -0.3 is 80.9 Å². The lowest BCUT2D eigenvalue weighted by molar-refractivity contribution is -0.308. The van der Waals surface area contributed by atoms with Gasteiger partial charge in [0.05, 0.1) is 79.6 Å². The average Bonchev–Trinajstić information content (AvgIpc) is 3.21. The second-order valence-electron chi connectivity index (χ2n) is 17.6. The van der Waals surface area contributed by atoms with Crippen LogP contribution in [0.3, 0.4) is 0 Å². The monoisotopic (exact) mass is 923 g/mol. The molecule has 3 heterocycles. The highest BCUT2D eigenvalue weighted by Gasteiger charge is 2.51. The van der Waals surface area contributed by atoms with Crippen LogP contribution in [0.15, 0.2) is 85.1 Å². The summed E-state index contributed by atoms with van der Waals surface area (Å²) in [4.78, 5) is 25.1. The molecular weight excluding hydrogens is 851 g/mol. The number of hydrogen-bond acceptors (Lipinski definition) is 17. The number of allylic oxidation sites excluding steroid dienone is 12. The number of aliphatic hydroxyl groups is 10. The Labute approximate surface area is 381 Å². The van der Waals surface area contributed by atoms with Crippen LogP contribution in [0, 0.1) is 17.8 Å². The van der Waals surface area contributed by atoms with Gasteiger partial charge in [-0.15, -0.1) is 0 Å². The van der Waals surface area contributed by atoms with Crippen LogP contribution in [0.1, 0.15) is 79.1 Å². The third-order valence-corrected chi connectivity index (χ3v) is 12.0. The highest BCUT2D eigenvalue weighted by molar-refractivity contribution is 5.71. The number of esters is 1. The molecule has 0 spiro atoms. The quantitative estimate of drug-likeness (QED) is 0.174. The molecule has 0 aromatic rings. The molecule has 2 saturated heterocycles. The van der Waals surface area contributed by atoms with Crippen molar-refractivity contribution in [3.63, 3.8) is 0 Å². The normalized spacial score (nSPS) is 45.5. The molecule has 3 aliphatic heterocycles. The van der Waals surface area contributed by atoms with Gasteiger partial charge in [0.25, 0.3) is 0 Å². The van der Waals surface area contributed by atoms with E-state index in [4.69, 9.17) is 24.7 Å². The number of ether oxygens (including phenoxy) is 4. The van der Waals surface area contributed by atoms with Crippen LogP contribution in [0.2, 0.25) is 0 Å². The van der Waals surface area contributed by atoms with E-state index in [1.54, 1.807) is 80.7 Å². The molecule has 0 saturated carbocycles. The fourth-order valence-corrected chi connectivity index (χ4v) is 7.97. The Kier molecular flexibility index (Phi) is 23.6. The largest absolute Gasteiger partial charge is 0.481 e. The highest BCUT2D eigenvalue weighted by Crippen LogP contribution is 2.38. The summed E-state index contributed by atoms with van der Waals surface area (Å²) < 4.78 is 23.1. The number of nitrogens with two attached hydrogens (primary N) is 1. The van der Waals surface area contributed by atoms with E-state index in [1.165, 1.54) is 13.0 Å². The van der Waals surface area contributed by atoms with Gasteiger partial charge in [-0.3, -0.25) is 9.59 Å². The van der Waals surface area contributed by atoms with Gasteiger partial charge in [0.2, 0.25) is 0 Å². The van der Waals surface area contributed by atoms with Crippen molar-refractivity contribution in [3.8, 4) is 0 Å². The number of aliphatic hydroxyl groups excluding tert-OH is 9. The smallest absolute Gasteiger partial charge is 0.311 e. The first-order chi connectivity index (χ1) is 30.6. The van der Waals surface area contributed by atoms with E-state index < -0.39 is 147 Å². The van der Waals surface area contributed by atoms with Crippen molar-refractivity contribution in [1.82, 2.24) is 0 Å². The number of carboxylic acid groups (broad SMARTS) is 1. The molecule has 3 unspecified atom stereocenters. The van der Waals surface area contributed by atoms with Crippen molar-refractivity contribution >= 4 is 11.9 Å². The zero-order valence-electron chi connectivity index (χ0n) is 37.6. The third-order valence-electron chi connectivity index (χ3n) is 12.0. The Morgan fingerprint density at radius 2 is 1.23 bits per heavy atom. The fraction of sp³-hybridized carbons (Fsp3) is 0.660. The van der Waals surface area contributed by atoms with Crippen LogP contribution in [0.25, 0.3) is 0 Å². The molecule has 2 bridgehead atoms. The van der Waals surface area contributed by atoms with Crippen molar-refractivity contribution in [1.29, 1.82) is 0 Å². The summed E-state index contributed by atoms with van der Waals surface area (Å²) in [5.41, 5.74) is 6.02. The van der Waals surface area contributed by atoms with E-state index >= 15 is 0 Å². The summed E-state index contributed by atoms with van der Waals surface area (Å²) >= 11 is 0. The maximum Gasteiger partial charge on any atom is 0.311 e. The highest BCUT2D eigenvalue weighted by atomic mass is 16.7. The third kappa shape index (κ3) is 18.6. The Morgan fingerprint density at radius 1 is 0.662 bits per heavy atom. The van der Waals surface area contributed by atoms with Gasteiger partial charge in [0, 0.05) is 37.5 Å².